The summed E-state index contributed by atoms with van der Waals surface area (Å²) in [7, 11) is 0. The molecule has 2 aliphatic rings. The highest BCUT2D eigenvalue weighted by Crippen LogP contribution is 2.54. The lowest BCUT2D eigenvalue weighted by atomic mass is 9.58. The molecule has 1 heterocycles. The van der Waals surface area contributed by atoms with Crippen molar-refractivity contribution in [2.24, 2.45) is 28.6 Å². The molecule has 0 amide bonds. The maximum atomic E-state index is 3.79. The highest BCUT2D eigenvalue weighted by atomic mass is 14.9. The summed E-state index contributed by atoms with van der Waals surface area (Å²) in [5.41, 5.74) is 11.7. The van der Waals surface area contributed by atoms with Crippen molar-refractivity contribution in [2.45, 2.75) is 101 Å². The minimum atomic E-state index is 0.213. The van der Waals surface area contributed by atoms with Crippen LogP contribution >= 0.6 is 0 Å². The lowest BCUT2D eigenvalue weighted by Gasteiger charge is -2.46. The SMILES string of the molecule is C=C=CCC(C)(C)CC(C)=C(C1=CCC1(C)C(C)C)C(CC1CNC1)=C(C)C(CC)CC. The molecule has 1 fully saturated rings. The number of nitrogens with one attached hydrogen (secondary N) is 1. The van der Waals surface area contributed by atoms with Gasteiger partial charge in [0.15, 0.2) is 0 Å². The Morgan fingerprint density at radius 2 is 1.88 bits per heavy atom. The summed E-state index contributed by atoms with van der Waals surface area (Å²) >= 11 is 0. The normalized spacial score (nSPS) is 23.2. The molecule has 0 aromatic heterocycles. The third-order valence-corrected chi connectivity index (χ3v) is 8.59. The summed E-state index contributed by atoms with van der Waals surface area (Å²) in [5.74, 6) is 2.12. The molecular weight excluding hydrogens is 386 g/mol. The number of rotatable bonds is 12. The van der Waals surface area contributed by atoms with E-state index >= 15 is 0 Å². The highest BCUT2D eigenvalue weighted by molar-refractivity contribution is 5.57. The predicted octanol–water partition coefficient (Wildman–Crippen LogP) is 8.81. The molecule has 1 atom stereocenters. The molecule has 1 nitrogen and oxygen atoms in total. The van der Waals surface area contributed by atoms with Crippen LogP contribution in [0, 0.1) is 28.6 Å². The summed E-state index contributed by atoms with van der Waals surface area (Å²) in [4.78, 5) is 0. The van der Waals surface area contributed by atoms with Crippen LogP contribution in [0.2, 0.25) is 0 Å². The first-order chi connectivity index (χ1) is 15.0. The molecular formula is C31H51N. The Kier molecular flexibility index (Phi) is 9.45. The Bertz CT molecular complexity index is 788. The maximum absolute atomic E-state index is 3.79. The van der Waals surface area contributed by atoms with Crippen LogP contribution in [0.4, 0.5) is 0 Å². The minimum Gasteiger partial charge on any atom is -0.316 e. The molecule has 1 N–H and O–H groups in total. The number of allylic oxidation sites excluding steroid dienone is 7. The second-order valence-corrected chi connectivity index (χ2v) is 11.9. The molecule has 180 valence electrons. The highest BCUT2D eigenvalue weighted by Gasteiger charge is 2.41. The van der Waals surface area contributed by atoms with E-state index in [0.29, 0.717) is 17.3 Å². The summed E-state index contributed by atoms with van der Waals surface area (Å²) in [6.45, 7) is 27.8. The molecule has 2 rings (SSSR count). The van der Waals surface area contributed by atoms with E-state index in [2.05, 4.69) is 92.1 Å². The van der Waals surface area contributed by atoms with Crippen LogP contribution in [0.3, 0.4) is 0 Å². The Morgan fingerprint density at radius 1 is 1.25 bits per heavy atom. The van der Waals surface area contributed by atoms with E-state index in [1.807, 2.05) is 0 Å². The van der Waals surface area contributed by atoms with Gasteiger partial charge in [-0.2, -0.15) is 0 Å². The van der Waals surface area contributed by atoms with E-state index in [-0.39, 0.29) is 5.41 Å². The maximum Gasteiger partial charge on any atom is -0.000506 e. The summed E-state index contributed by atoms with van der Waals surface area (Å²) in [6.07, 6.45) is 11.7. The quantitative estimate of drug-likeness (QED) is 0.237. The van der Waals surface area contributed by atoms with Crippen LogP contribution in [0.15, 0.2) is 52.3 Å². The van der Waals surface area contributed by atoms with Gasteiger partial charge >= 0.3 is 0 Å². The van der Waals surface area contributed by atoms with E-state index in [1.165, 1.54) is 38.8 Å². The zero-order chi connectivity index (χ0) is 24.1. The molecule has 1 aliphatic heterocycles. The number of hydrogen-bond donors (Lipinski definition) is 1. The van der Waals surface area contributed by atoms with Crippen LogP contribution in [0.1, 0.15) is 101 Å². The largest absolute Gasteiger partial charge is 0.316 e. The van der Waals surface area contributed by atoms with E-state index in [0.717, 1.165) is 18.8 Å². The van der Waals surface area contributed by atoms with Crippen molar-refractivity contribution in [2.75, 3.05) is 13.1 Å². The molecule has 0 bridgehead atoms. The van der Waals surface area contributed by atoms with E-state index in [1.54, 1.807) is 27.9 Å². The van der Waals surface area contributed by atoms with Crippen molar-refractivity contribution in [1.82, 2.24) is 5.32 Å². The van der Waals surface area contributed by atoms with Gasteiger partial charge in [0, 0.05) is 0 Å². The molecule has 0 aromatic rings. The van der Waals surface area contributed by atoms with Crippen LogP contribution in [0.25, 0.3) is 0 Å². The third kappa shape index (κ3) is 5.98. The second kappa shape index (κ2) is 11.2. The Balaban J connectivity index is 2.65. The van der Waals surface area contributed by atoms with Gasteiger partial charge in [-0.05, 0) is 117 Å². The smallest absolute Gasteiger partial charge is 0.000506 e. The van der Waals surface area contributed by atoms with Crippen molar-refractivity contribution < 1.29 is 0 Å². The molecule has 0 radical (unpaired) electrons. The fraction of sp³-hybridized carbons (Fsp3) is 0.710. The van der Waals surface area contributed by atoms with Gasteiger partial charge in [-0.1, -0.05) is 72.3 Å². The van der Waals surface area contributed by atoms with Gasteiger partial charge in [-0.25, -0.2) is 0 Å². The Labute approximate surface area is 200 Å². The van der Waals surface area contributed by atoms with Gasteiger partial charge in [0.2, 0.25) is 0 Å². The van der Waals surface area contributed by atoms with Gasteiger partial charge in [0.25, 0.3) is 0 Å². The zero-order valence-electron chi connectivity index (χ0n) is 22.8. The topological polar surface area (TPSA) is 12.0 Å². The van der Waals surface area contributed by atoms with E-state index in [4.69, 9.17) is 0 Å². The molecule has 1 unspecified atom stereocenters. The standard InChI is InChI=1S/C31H51N/c1-11-14-16-30(8,9)19-23(6)29(28-15-17-31(28,10)22(4)5)27(18-25-20-32-21-25)24(7)26(12-2)13-3/h14-15,22,25-26,32H,1,12-13,16-21H2,2-10H3. The minimum absolute atomic E-state index is 0.213. The average molecular weight is 438 g/mol. The van der Waals surface area contributed by atoms with E-state index in [9.17, 15) is 0 Å². The van der Waals surface area contributed by atoms with Crippen LogP contribution in [-0.2, 0) is 0 Å². The first kappa shape index (κ1) is 26.9. The first-order valence-corrected chi connectivity index (χ1v) is 13.2. The monoisotopic (exact) mass is 437 g/mol. The lowest BCUT2D eigenvalue weighted by molar-refractivity contribution is 0.249. The second-order valence-electron chi connectivity index (χ2n) is 11.9. The third-order valence-electron chi connectivity index (χ3n) is 8.59. The van der Waals surface area contributed by atoms with Crippen molar-refractivity contribution in [3.8, 4) is 0 Å². The summed E-state index contributed by atoms with van der Waals surface area (Å²) < 4.78 is 0. The Hall–Kier alpha value is -1.30. The van der Waals surface area contributed by atoms with Crippen molar-refractivity contribution >= 4 is 0 Å². The molecule has 1 heteroatoms. The summed E-state index contributed by atoms with van der Waals surface area (Å²) in [5, 5.41) is 3.51. The van der Waals surface area contributed by atoms with Crippen molar-refractivity contribution in [3.63, 3.8) is 0 Å². The average Bonchev–Trinajstić information content (AvgIpc) is 2.69. The van der Waals surface area contributed by atoms with Gasteiger partial charge in [-0.3, -0.25) is 0 Å². The van der Waals surface area contributed by atoms with Crippen LogP contribution in [-0.4, -0.2) is 13.1 Å². The van der Waals surface area contributed by atoms with Crippen LogP contribution < -0.4 is 5.32 Å². The van der Waals surface area contributed by atoms with Crippen molar-refractivity contribution in [1.29, 1.82) is 0 Å². The number of hydrogen-bond acceptors (Lipinski definition) is 1. The molecule has 0 aromatic carbocycles. The zero-order valence-corrected chi connectivity index (χ0v) is 22.8. The van der Waals surface area contributed by atoms with Gasteiger partial charge in [-0.15, -0.1) is 5.73 Å². The molecule has 0 saturated carbocycles. The Morgan fingerprint density at radius 3 is 2.28 bits per heavy atom. The fourth-order valence-electron chi connectivity index (χ4n) is 5.73. The van der Waals surface area contributed by atoms with E-state index < -0.39 is 0 Å². The van der Waals surface area contributed by atoms with Gasteiger partial charge < -0.3 is 5.32 Å². The predicted molar refractivity (Wildman–Crippen MR) is 143 cm³/mol. The fourth-order valence-corrected chi connectivity index (χ4v) is 5.73. The van der Waals surface area contributed by atoms with Gasteiger partial charge in [0.1, 0.15) is 0 Å². The molecule has 1 aliphatic carbocycles. The molecule has 1 saturated heterocycles. The molecule has 0 spiro atoms. The molecule has 32 heavy (non-hydrogen) atoms. The lowest BCUT2D eigenvalue weighted by Crippen LogP contribution is -2.42. The van der Waals surface area contributed by atoms with Crippen LogP contribution in [0.5, 0.6) is 0 Å². The first-order valence-electron chi connectivity index (χ1n) is 13.2. The van der Waals surface area contributed by atoms with Gasteiger partial charge in [0.05, 0.1) is 0 Å². The van der Waals surface area contributed by atoms with Crippen molar-refractivity contribution in [3.05, 3.63) is 52.3 Å². The summed E-state index contributed by atoms with van der Waals surface area (Å²) in [6, 6.07) is 0.